The smallest absolute Gasteiger partial charge is 0.236 e. The number of sulfonamides is 1. The molecule has 4 rings (SSSR count). The van der Waals surface area contributed by atoms with Gasteiger partial charge in [0, 0.05) is 47.9 Å². The lowest BCUT2D eigenvalue weighted by atomic mass is 10.1. The Hall–Kier alpha value is -2.42. The lowest BCUT2D eigenvalue weighted by molar-refractivity contribution is 0.384. The Balaban J connectivity index is 1.62. The first-order valence-electron chi connectivity index (χ1n) is 8.40. The lowest BCUT2D eigenvalue weighted by Crippen LogP contribution is -2.37. The summed E-state index contributed by atoms with van der Waals surface area (Å²) < 4.78 is 53.8. The molecule has 0 spiro atoms. The van der Waals surface area contributed by atoms with Crippen LogP contribution >= 0.6 is 11.6 Å². The van der Waals surface area contributed by atoms with Crippen LogP contribution in [0, 0.1) is 11.6 Å². The van der Waals surface area contributed by atoms with E-state index < -0.39 is 26.6 Å². The van der Waals surface area contributed by atoms with Crippen LogP contribution in [0.25, 0.3) is 11.4 Å². The Morgan fingerprint density at radius 3 is 2.54 bits per heavy atom. The molecular formula is C19H14ClF2N3O2S. The van der Waals surface area contributed by atoms with E-state index >= 15 is 0 Å². The highest BCUT2D eigenvalue weighted by Crippen LogP contribution is 2.27. The summed E-state index contributed by atoms with van der Waals surface area (Å²) in [5.74, 6) is -1.42. The first-order chi connectivity index (χ1) is 13.3. The molecular weight excluding hydrogens is 408 g/mol. The molecule has 2 aromatic carbocycles. The van der Waals surface area contributed by atoms with Gasteiger partial charge in [-0.25, -0.2) is 27.2 Å². The second kappa shape index (κ2) is 7.20. The third kappa shape index (κ3) is 3.50. The molecule has 0 saturated carbocycles. The molecule has 0 amide bonds. The summed E-state index contributed by atoms with van der Waals surface area (Å²) in [4.78, 5) is 8.30. The van der Waals surface area contributed by atoms with Crippen molar-refractivity contribution in [3.8, 4) is 11.4 Å². The first kappa shape index (κ1) is 18.9. The predicted octanol–water partition coefficient (Wildman–Crippen LogP) is 3.82. The van der Waals surface area contributed by atoms with E-state index in [1.165, 1.54) is 0 Å². The number of aromatic nitrogens is 2. The molecule has 0 aliphatic carbocycles. The van der Waals surface area contributed by atoms with Gasteiger partial charge in [-0.1, -0.05) is 11.6 Å². The molecule has 9 heteroatoms. The van der Waals surface area contributed by atoms with E-state index in [9.17, 15) is 17.2 Å². The maximum atomic E-state index is 14.0. The maximum absolute atomic E-state index is 14.0. The number of nitrogens with zero attached hydrogens (tertiary/aromatic N) is 3. The van der Waals surface area contributed by atoms with Crippen LogP contribution in [0.4, 0.5) is 8.78 Å². The number of fused-ring (bicyclic) bond motifs is 1. The highest BCUT2D eigenvalue weighted by Gasteiger charge is 2.31. The van der Waals surface area contributed by atoms with Crippen molar-refractivity contribution in [1.29, 1.82) is 0 Å². The SMILES string of the molecule is O=S(=O)(c1ccc(F)cc1F)N1CCc2nc(-c3ccc(Cl)cc3)ncc2C1. The average Bonchev–Trinajstić information content (AvgIpc) is 2.67. The maximum Gasteiger partial charge on any atom is 0.246 e. The van der Waals surface area contributed by atoms with Crippen molar-refractivity contribution in [1.82, 2.24) is 14.3 Å². The van der Waals surface area contributed by atoms with Gasteiger partial charge in [-0.2, -0.15) is 4.31 Å². The van der Waals surface area contributed by atoms with Crippen molar-refractivity contribution in [2.45, 2.75) is 17.9 Å². The molecule has 28 heavy (non-hydrogen) atoms. The molecule has 1 aliphatic heterocycles. The van der Waals surface area contributed by atoms with E-state index in [0.717, 1.165) is 27.7 Å². The highest BCUT2D eigenvalue weighted by molar-refractivity contribution is 7.89. The largest absolute Gasteiger partial charge is 0.246 e. The minimum Gasteiger partial charge on any atom is -0.236 e. The van der Waals surface area contributed by atoms with Crippen molar-refractivity contribution in [2.75, 3.05) is 6.54 Å². The van der Waals surface area contributed by atoms with Crippen molar-refractivity contribution in [3.05, 3.63) is 76.6 Å². The van der Waals surface area contributed by atoms with Gasteiger partial charge in [-0.15, -0.1) is 0 Å². The second-order valence-electron chi connectivity index (χ2n) is 6.34. The number of benzene rings is 2. The van der Waals surface area contributed by atoms with E-state index in [4.69, 9.17) is 11.6 Å². The minimum absolute atomic E-state index is 0.0232. The zero-order valence-electron chi connectivity index (χ0n) is 14.4. The van der Waals surface area contributed by atoms with E-state index in [-0.39, 0.29) is 13.1 Å². The molecule has 2 heterocycles. The molecule has 0 atom stereocenters. The van der Waals surface area contributed by atoms with Gasteiger partial charge in [0.25, 0.3) is 0 Å². The van der Waals surface area contributed by atoms with Gasteiger partial charge in [0.05, 0.1) is 5.69 Å². The van der Waals surface area contributed by atoms with Crippen LogP contribution < -0.4 is 0 Å². The molecule has 144 valence electrons. The van der Waals surface area contributed by atoms with Crippen LogP contribution in [0.3, 0.4) is 0 Å². The van der Waals surface area contributed by atoms with Crippen molar-refractivity contribution in [2.24, 2.45) is 0 Å². The summed E-state index contributed by atoms with van der Waals surface area (Å²) in [5, 5.41) is 0.607. The van der Waals surface area contributed by atoms with Gasteiger partial charge < -0.3 is 0 Å². The quantitative estimate of drug-likeness (QED) is 0.645. The Bertz CT molecular complexity index is 1150. The Morgan fingerprint density at radius 2 is 1.82 bits per heavy atom. The van der Waals surface area contributed by atoms with Crippen LogP contribution in [0.5, 0.6) is 0 Å². The normalized spacial score (nSPS) is 14.7. The fourth-order valence-electron chi connectivity index (χ4n) is 3.06. The zero-order chi connectivity index (χ0) is 19.9. The Labute approximate surface area is 165 Å². The fourth-order valence-corrected chi connectivity index (χ4v) is 4.65. The summed E-state index contributed by atoms with van der Waals surface area (Å²) in [7, 11) is -4.10. The van der Waals surface area contributed by atoms with E-state index in [0.29, 0.717) is 28.9 Å². The molecule has 0 radical (unpaired) electrons. The summed E-state index contributed by atoms with van der Waals surface area (Å²) >= 11 is 5.89. The summed E-state index contributed by atoms with van der Waals surface area (Å²) in [6.45, 7) is 0.165. The minimum atomic E-state index is -4.10. The first-order valence-corrected chi connectivity index (χ1v) is 10.2. The molecule has 5 nitrogen and oxygen atoms in total. The average molecular weight is 422 g/mol. The van der Waals surface area contributed by atoms with Gasteiger partial charge in [-0.05, 0) is 36.4 Å². The van der Waals surface area contributed by atoms with Crippen molar-refractivity contribution >= 4 is 21.6 Å². The fraction of sp³-hybridized carbons (Fsp3) is 0.158. The number of hydrogen-bond donors (Lipinski definition) is 0. The molecule has 1 aromatic heterocycles. The molecule has 3 aromatic rings. The van der Waals surface area contributed by atoms with Gasteiger partial charge in [0.2, 0.25) is 10.0 Å². The topological polar surface area (TPSA) is 63.2 Å². The Kier molecular flexibility index (Phi) is 4.86. The number of rotatable bonds is 3. The van der Waals surface area contributed by atoms with Crippen LogP contribution in [0.15, 0.2) is 53.6 Å². The molecule has 0 N–H and O–H groups in total. The van der Waals surface area contributed by atoms with Gasteiger partial charge in [0.1, 0.15) is 16.5 Å². The molecule has 1 aliphatic rings. The third-order valence-electron chi connectivity index (χ3n) is 4.51. The summed E-state index contributed by atoms with van der Waals surface area (Å²) in [6, 6.07) is 9.52. The summed E-state index contributed by atoms with van der Waals surface area (Å²) in [5.41, 5.74) is 2.19. The van der Waals surface area contributed by atoms with Gasteiger partial charge in [-0.3, -0.25) is 0 Å². The zero-order valence-corrected chi connectivity index (χ0v) is 16.0. The third-order valence-corrected chi connectivity index (χ3v) is 6.64. The van der Waals surface area contributed by atoms with Crippen molar-refractivity contribution in [3.63, 3.8) is 0 Å². The molecule has 0 bridgehead atoms. The monoisotopic (exact) mass is 421 g/mol. The van der Waals surface area contributed by atoms with Crippen molar-refractivity contribution < 1.29 is 17.2 Å². The van der Waals surface area contributed by atoms with Crippen LogP contribution in [-0.4, -0.2) is 29.2 Å². The van der Waals surface area contributed by atoms with Crippen LogP contribution in [0.2, 0.25) is 5.02 Å². The second-order valence-corrected chi connectivity index (χ2v) is 8.68. The number of halogens is 3. The predicted molar refractivity (Wildman–Crippen MR) is 100 cm³/mol. The molecule has 0 saturated heterocycles. The molecule has 0 unspecified atom stereocenters. The van der Waals surface area contributed by atoms with E-state index in [1.54, 1.807) is 30.5 Å². The molecule has 0 fully saturated rings. The standard InChI is InChI=1S/C19H14ClF2N3O2S/c20-14-3-1-12(2-4-14)19-23-10-13-11-25(8-7-17(13)24-19)28(26,27)18-6-5-15(21)9-16(18)22/h1-6,9-10H,7-8,11H2. The Morgan fingerprint density at radius 1 is 1.07 bits per heavy atom. The van der Waals surface area contributed by atoms with Crippen LogP contribution in [-0.2, 0) is 23.0 Å². The van der Waals surface area contributed by atoms with Gasteiger partial charge in [0.15, 0.2) is 5.82 Å². The van der Waals surface area contributed by atoms with E-state index in [1.807, 2.05) is 0 Å². The van der Waals surface area contributed by atoms with Gasteiger partial charge >= 0.3 is 0 Å². The lowest BCUT2D eigenvalue weighted by Gasteiger charge is -2.27. The number of hydrogen-bond acceptors (Lipinski definition) is 4. The van der Waals surface area contributed by atoms with Crippen LogP contribution in [0.1, 0.15) is 11.3 Å². The highest BCUT2D eigenvalue weighted by atomic mass is 35.5. The summed E-state index contributed by atoms with van der Waals surface area (Å²) in [6.07, 6.45) is 1.94. The van der Waals surface area contributed by atoms with E-state index in [2.05, 4.69) is 9.97 Å².